The minimum Gasteiger partial charge on any atom is -0.478 e. The molecule has 1 aromatic heterocycles. The fraction of sp³-hybridized carbons (Fsp3) is 0.0909. The standard InChI is InChI=1S/C11H8FNO2/c1-6-9(12)8(11(14)15)5-7-3-2-4-13-10(6)7/h2-5H,1H3,(H,14,15). The summed E-state index contributed by atoms with van der Waals surface area (Å²) in [6.07, 6.45) is 1.55. The van der Waals surface area contributed by atoms with Gasteiger partial charge in [0.25, 0.3) is 0 Å². The molecule has 0 aliphatic carbocycles. The Hall–Kier alpha value is -1.97. The monoisotopic (exact) mass is 205 g/mol. The third kappa shape index (κ3) is 1.44. The third-order valence-electron chi connectivity index (χ3n) is 2.29. The summed E-state index contributed by atoms with van der Waals surface area (Å²) in [6.45, 7) is 1.52. The highest BCUT2D eigenvalue weighted by molar-refractivity contribution is 5.95. The van der Waals surface area contributed by atoms with Crippen LogP contribution in [-0.2, 0) is 0 Å². The molecule has 0 amide bonds. The molecular weight excluding hydrogens is 197 g/mol. The Balaban J connectivity index is 2.88. The van der Waals surface area contributed by atoms with Gasteiger partial charge in [-0.25, -0.2) is 9.18 Å². The molecule has 0 unspecified atom stereocenters. The molecule has 0 fully saturated rings. The van der Waals surface area contributed by atoms with Crippen LogP contribution < -0.4 is 0 Å². The molecule has 0 saturated carbocycles. The van der Waals surface area contributed by atoms with Crippen LogP contribution in [0.1, 0.15) is 15.9 Å². The van der Waals surface area contributed by atoms with Crippen molar-refractivity contribution in [1.29, 1.82) is 0 Å². The van der Waals surface area contributed by atoms with Crippen molar-refractivity contribution in [1.82, 2.24) is 4.98 Å². The molecule has 1 aromatic carbocycles. The van der Waals surface area contributed by atoms with E-state index in [1.165, 1.54) is 13.0 Å². The first kappa shape index (κ1) is 9.58. The molecule has 1 N–H and O–H groups in total. The number of carbonyl (C=O) groups is 1. The lowest BCUT2D eigenvalue weighted by Gasteiger charge is -2.05. The first-order valence-corrected chi connectivity index (χ1v) is 4.38. The molecule has 0 bridgehead atoms. The van der Waals surface area contributed by atoms with Gasteiger partial charge in [-0.2, -0.15) is 0 Å². The van der Waals surface area contributed by atoms with E-state index in [1.54, 1.807) is 18.3 Å². The Labute approximate surface area is 85.2 Å². The zero-order chi connectivity index (χ0) is 11.0. The number of pyridine rings is 1. The van der Waals surface area contributed by atoms with E-state index in [2.05, 4.69) is 4.98 Å². The molecule has 2 aromatic rings. The van der Waals surface area contributed by atoms with E-state index in [9.17, 15) is 9.18 Å². The van der Waals surface area contributed by atoms with Gasteiger partial charge in [0.05, 0.1) is 11.1 Å². The largest absolute Gasteiger partial charge is 0.478 e. The summed E-state index contributed by atoms with van der Waals surface area (Å²) in [4.78, 5) is 14.8. The summed E-state index contributed by atoms with van der Waals surface area (Å²) in [7, 11) is 0. The van der Waals surface area contributed by atoms with E-state index in [-0.39, 0.29) is 11.1 Å². The van der Waals surface area contributed by atoms with Gasteiger partial charge >= 0.3 is 5.97 Å². The highest BCUT2D eigenvalue weighted by atomic mass is 19.1. The third-order valence-corrected chi connectivity index (χ3v) is 2.29. The van der Waals surface area contributed by atoms with Crippen molar-refractivity contribution in [3.8, 4) is 0 Å². The number of nitrogens with zero attached hydrogens (tertiary/aromatic N) is 1. The zero-order valence-electron chi connectivity index (χ0n) is 7.99. The van der Waals surface area contributed by atoms with Crippen LogP contribution in [0.2, 0.25) is 0 Å². The van der Waals surface area contributed by atoms with E-state index in [0.29, 0.717) is 10.9 Å². The first-order valence-electron chi connectivity index (χ1n) is 4.38. The molecule has 0 atom stereocenters. The smallest absolute Gasteiger partial charge is 0.338 e. The Morgan fingerprint density at radius 3 is 2.93 bits per heavy atom. The Morgan fingerprint density at radius 1 is 1.53 bits per heavy atom. The van der Waals surface area contributed by atoms with Crippen LogP contribution in [0.3, 0.4) is 0 Å². The predicted octanol–water partition coefficient (Wildman–Crippen LogP) is 2.38. The number of hydrogen-bond donors (Lipinski definition) is 1. The highest BCUT2D eigenvalue weighted by Gasteiger charge is 2.15. The summed E-state index contributed by atoms with van der Waals surface area (Å²) in [5.41, 5.74) is 0.457. The summed E-state index contributed by atoms with van der Waals surface area (Å²) >= 11 is 0. The second kappa shape index (κ2) is 3.31. The highest BCUT2D eigenvalue weighted by Crippen LogP contribution is 2.22. The fourth-order valence-electron chi connectivity index (χ4n) is 1.53. The lowest BCUT2D eigenvalue weighted by Crippen LogP contribution is -2.03. The van der Waals surface area contributed by atoms with Crippen molar-refractivity contribution >= 4 is 16.9 Å². The minimum atomic E-state index is -1.26. The average Bonchev–Trinajstić information content (AvgIpc) is 2.23. The van der Waals surface area contributed by atoms with Gasteiger partial charge in [-0.1, -0.05) is 6.07 Å². The molecule has 1 heterocycles. The van der Waals surface area contributed by atoms with Crippen molar-refractivity contribution < 1.29 is 14.3 Å². The van der Waals surface area contributed by atoms with Gasteiger partial charge in [-0.05, 0) is 19.1 Å². The quantitative estimate of drug-likeness (QED) is 0.777. The van der Waals surface area contributed by atoms with E-state index >= 15 is 0 Å². The molecule has 0 aliphatic rings. The van der Waals surface area contributed by atoms with Crippen LogP contribution in [0.4, 0.5) is 4.39 Å². The molecule has 2 rings (SSSR count). The summed E-state index contributed by atoms with van der Waals surface area (Å²) in [6, 6.07) is 4.69. The molecule has 0 aliphatic heterocycles. The minimum absolute atomic E-state index is 0.269. The molecule has 3 nitrogen and oxygen atoms in total. The van der Waals surface area contributed by atoms with Gasteiger partial charge in [0.2, 0.25) is 0 Å². The molecule has 0 spiro atoms. The number of rotatable bonds is 1. The number of aryl methyl sites for hydroxylation is 1. The maximum Gasteiger partial charge on any atom is 0.338 e. The molecular formula is C11H8FNO2. The Bertz CT molecular complexity index is 552. The normalized spacial score (nSPS) is 10.5. The van der Waals surface area contributed by atoms with Crippen LogP contribution in [-0.4, -0.2) is 16.1 Å². The van der Waals surface area contributed by atoms with E-state index in [1.807, 2.05) is 0 Å². The number of benzene rings is 1. The van der Waals surface area contributed by atoms with Crippen molar-refractivity contribution in [3.05, 3.63) is 41.3 Å². The topological polar surface area (TPSA) is 50.2 Å². The van der Waals surface area contributed by atoms with Gasteiger partial charge < -0.3 is 5.11 Å². The Kier molecular flexibility index (Phi) is 2.11. The molecule has 0 radical (unpaired) electrons. The van der Waals surface area contributed by atoms with Crippen molar-refractivity contribution in [2.45, 2.75) is 6.92 Å². The van der Waals surface area contributed by atoms with Crippen molar-refractivity contribution in [3.63, 3.8) is 0 Å². The van der Waals surface area contributed by atoms with E-state index < -0.39 is 11.8 Å². The zero-order valence-corrected chi connectivity index (χ0v) is 7.99. The summed E-state index contributed by atoms with van der Waals surface area (Å²) < 4.78 is 13.6. The molecule has 15 heavy (non-hydrogen) atoms. The number of halogens is 1. The number of hydrogen-bond acceptors (Lipinski definition) is 2. The SMILES string of the molecule is Cc1c(F)c(C(=O)O)cc2cccnc12. The second-order valence-electron chi connectivity index (χ2n) is 3.24. The Morgan fingerprint density at radius 2 is 2.27 bits per heavy atom. The van der Waals surface area contributed by atoms with Crippen LogP contribution in [0, 0.1) is 12.7 Å². The van der Waals surface area contributed by atoms with Crippen LogP contribution in [0.15, 0.2) is 24.4 Å². The number of aromatic carboxylic acids is 1. The van der Waals surface area contributed by atoms with Crippen LogP contribution >= 0.6 is 0 Å². The average molecular weight is 205 g/mol. The van der Waals surface area contributed by atoms with Crippen LogP contribution in [0.25, 0.3) is 10.9 Å². The maximum atomic E-state index is 13.6. The van der Waals surface area contributed by atoms with Gasteiger partial charge in [-0.15, -0.1) is 0 Å². The number of carboxylic acids is 1. The van der Waals surface area contributed by atoms with Gasteiger partial charge in [0.1, 0.15) is 5.82 Å². The predicted molar refractivity (Wildman–Crippen MR) is 53.4 cm³/mol. The summed E-state index contributed by atoms with van der Waals surface area (Å²) in [5.74, 6) is -1.98. The maximum absolute atomic E-state index is 13.6. The second-order valence-corrected chi connectivity index (χ2v) is 3.24. The molecule has 4 heteroatoms. The van der Waals surface area contributed by atoms with Gasteiger partial charge in [0, 0.05) is 17.1 Å². The van der Waals surface area contributed by atoms with Crippen molar-refractivity contribution in [2.75, 3.05) is 0 Å². The fourth-order valence-corrected chi connectivity index (χ4v) is 1.53. The van der Waals surface area contributed by atoms with E-state index in [0.717, 1.165) is 0 Å². The van der Waals surface area contributed by atoms with Crippen molar-refractivity contribution in [2.24, 2.45) is 0 Å². The number of carboxylic acid groups (broad SMARTS) is 1. The lowest BCUT2D eigenvalue weighted by atomic mass is 10.1. The molecule has 0 saturated heterocycles. The van der Waals surface area contributed by atoms with Crippen LogP contribution in [0.5, 0.6) is 0 Å². The van der Waals surface area contributed by atoms with Gasteiger partial charge in [-0.3, -0.25) is 4.98 Å². The first-order chi connectivity index (χ1) is 7.11. The number of aromatic nitrogens is 1. The molecule has 76 valence electrons. The number of fused-ring (bicyclic) bond motifs is 1. The summed E-state index contributed by atoms with van der Waals surface area (Å²) in [5, 5.41) is 9.42. The van der Waals surface area contributed by atoms with Gasteiger partial charge in [0.15, 0.2) is 0 Å². The van der Waals surface area contributed by atoms with E-state index in [4.69, 9.17) is 5.11 Å². The lowest BCUT2D eigenvalue weighted by molar-refractivity contribution is 0.0692.